The van der Waals surface area contributed by atoms with Crippen molar-refractivity contribution in [3.05, 3.63) is 29.3 Å². The first kappa shape index (κ1) is 28.0. The van der Waals surface area contributed by atoms with Crippen LogP contribution in [0.1, 0.15) is 59.6 Å². The fraction of sp³-hybridized carbons (Fsp3) is 0.560. The summed E-state index contributed by atoms with van der Waals surface area (Å²) in [6.07, 6.45) is -3.51. The molecule has 1 aliphatic heterocycles. The molecule has 0 saturated heterocycles. The Kier molecular flexibility index (Phi) is 9.94. The van der Waals surface area contributed by atoms with Gasteiger partial charge in [0, 0.05) is 18.1 Å². The molecule has 2 unspecified atom stereocenters. The molecule has 2 rings (SSSR count). The molecule has 0 bridgehead atoms. The second kappa shape index (κ2) is 12.4. The van der Waals surface area contributed by atoms with Crippen molar-refractivity contribution >= 4 is 17.9 Å². The maximum Gasteiger partial charge on any atom is 0.339 e. The molecule has 0 fully saturated rings. The highest BCUT2D eigenvalue weighted by Gasteiger charge is 2.34. The lowest BCUT2D eigenvalue weighted by atomic mass is 10.0. The molecule has 0 amide bonds. The molecular weight excluding hydrogens is 460 g/mol. The topological polar surface area (TPSA) is 127 Å². The maximum atomic E-state index is 12.6. The number of carbonyl (C=O) groups excluding carboxylic acids is 3. The van der Waals surface area contributed by atoms with Crippen LogP contribution in [0.4, 0.5) is 0 Å². The first-order valence-corrected chi connectivity index (χ1v) is 11.3. The molecule has 0 radical (unpaired) electrons. The second-order valence-electron chi connectivity index (χ2n) is 8.92. The summed E-state index contributed by atoms with van der Waals surface area (Å²) in [6, 6.07) is 3.19. The molecule has 194 valence electrons. The van der Waals surface area contributed by atoms with Crippen LogP contribution in [0.2, 0.25) is 0 Å². The summed E-state index contributed by atoms with van der Waals surface area (Å²) in [5.74, 6) is -1.01. The van der Waals surface area contributed by atoms with Crippen molar-refractivity contribution < 1.29 is 47.9 Å². The maximum absolute atomic E-state index is 12.6. The van der Waals surface area contributed by atoms with Gasteiger partial charge in [-0.3, -0.25) is 4.79 Å². The van der Waals surface area contributed by atoms with Crippen LogP contribution in [0.15, 0.2) is 23.8 Å². The Morgan fingerprint density at radius 1 is 1.03 bits per heavy atom. The fourth-order valence-corrected chi connectivity index (χ4v) is 3.30. The van der Waals surface area contributed by atoms with E-state index in [2.05, 4.69) is 0 Å². The zero-order valence-corrected chi connectivity index (χ0v) is 21.2. The van der Waals surface area contributed by atoms with Gasteiger partial charge in [-0.2, -0.15) is 0 Å². The van der Waals surface area contributed by atoms with Crippen LogP contribution in [0.3, 0.4) is 0 Å². The molecule has 0 spiro atoms. The lowest BCUT2D eigenvalue weighted by Gasteiger charge is -2.26. The van der Waals surface area contributed by atoms with E-state index in [4.69, 9.17) is 28.4 Å². The van der Waals surface area contributed by atoms with Crippen LogP contribution in [0, 0.1) is 5.92 Å². The number of allylic oxidation sites excluding steroid dienone is 1. The summed E-state index contributed by atoms with van der Waals surface area (Å²) >= 11 is 0. The summed E-state index contributed by atoms with van der Waals surface area (Å²) in [4.78, 5) is 36.9. The molecule has 1 aromatic carbocycles. The zero-order valence-electron chi connectivity index (χ0n) is 21.2. The predicted octanol–water partition coefficient (Wildman–Crippen LogP) is 3.24. The highest BCUT2D eigenvalue weighted by molar-refractivity contribution is 5.83. The Labute approximate surface area is 205 Å². The SMILES string of the molecule is COc1cc([C@@H](OC(=O)C=C(C)C)[C@@H](C)OC(=O)C(O)C(C)OC(=O)CC(C)C)cc2c1OCO2. The number of methoxy groups -OCH3 is 1. The van der Waals surface area contributed by atoms with Gasteiger partial charge in [-0.15, -0.1) is 0 Å². The standard InChI is InChI=1S/C25H34O10/c1-13(2)8-20(26)33-15(5)22(28)25(29)34-16(6)23(35-21(27)9-14(3)4)17-10-18(30-7)24-19(11-17)31-12-32-24/h9-11,13,15-16,22-23,28H,8,12H2,1-7H3/t15?,16-,22?,23+/m1/s1. The van der Waals surface area contributed by atoms with E-state index in [1.807, 2.05) is 13.8 Å². The summed E-state index contributed by atoms with van der Waals surface area (Å²) in [7, 11) is 1.45. The number of rotatable bonds is 11. The van der Waals surface area contributed by atoms with Crippen LogP contribution in [-0.4, -0.2) is 55.2 Å². The predicted molar refractivity (Wildman–Crippen MR) is 124 cm³/mol. The van der Waals surface area contributed by atoms with E-state index in [-0.39, 0.29) is 19.1 Å². The minimum Gasteiger partial charge on any atom is -0.493 e. The number of aliphatic hydroxyl groups excluding tert-OH is 1. The van der Waals surface area contributed by atoms with E-state index >= 15 is 0 Å². The van der Waals surface area contributed by atoms with E-state index in [1.54, 1.807) is 26.0 Å². The van der Waals surface area contributed by atoms with Crippen LogP contribution in [0.5, 0.6) is 17.2 Å². The van der Waals surface area contributed by atoms with Gasteiger partial charge in [0.2, 0.25) is 12.5 Å². The molecule has 35 heavy (non-hydrogen) atoms. The Morgan fingerprint density at radius 2 is 1.71 bits per heavy atom. The average molecular weight is 495 g/mol. The Hall–Kier alpha value is -3.27. The number of carbonyl (C=O) groups is 3. The first-order chi connectivity index (χ1) is 16.4. The van der Waals surface area contributed by atoms with Gasteiger partial charge in [0.1, 0.15) is 12.2 Å². The van der Waals surface area contributed by atoms with Gasteiger partial charge in [-0.05, 0) is 45.7 Å². The molecule has 10 heteroatoms. The van der Waals surface area contributed by atoms with Gasteiger partial charge in [0.25, 0.3) is 0 Å². The van der Waals surface area contributed by atoms with Crippen LogP contribution in [-0.2, 0) is 28.6 Å². The first-order valence-electron chi connectivity index (χ1n) is 11.3. The summed E-state index contributed by atoms with van der Waals surface area (Å²) in [5, 5.41) is 10.4. The van der Waals surface area contributed by atoms with Crippen molar-refractivity contribution in [2.75, 3.05) is 13.9 Å². The van der Waals surface area contributed by atoms with Gasteiger partial charge in [0.15, 0.2) is 23.7 Å². The number of fused-ring (bicyclic) bond motifs is 1. The van der Waals surface area contributed by atoms with E-state index in [9.17, 15) is 19.5 Å². The van der Waals surface area contributed by atoms with E-state index in [0.717, 1.165) is 0 Å². The Bertz CT molecular complexity index is 948. The molecule has 1 N–H and O–H groups in total. The van der Waals surface area contributed by atoms with Gasteiger partial charge in [0.05, 0.1) is 7.11 Å². The minimum atomic E-state index is -1.73. The minimum absolute atomic E-state index is 0.00151. The second-order valence-corrected chi connectivity index (χ2v) is 8.92. The number of hydrogen-bond donors (Lipinski definition) is 1. The fourth-order valence-electron chi connectivity index (χ4n) is 3.30. The lowest BCUT2D eigenvalue weighted by molar-refractivity contribution is -0.179. The molecule has 1 aliphatic rings. The number of ether oxygens (including phenoxy) is 6. The molecule has 4 atom stereocenters. The third-order valence-corrected chi connectivity index (χ3v) is 4.97. The van der Waals surface area contributed by atoms with Gasteiger partial charge < -0.3 is 33.5 Å². The van der Waals surface area contributed by atoms with Crippen molar-refractivity contribution in [1.29, 1.82) is 0 Å². The summed E-state index contributed by atoms with van der Waals surface area (Å²) < 4.78 is 32.4. The zero-order chi connectivity index (χ0) is 26.3. The van der Waals surface area contributed by atoms with Crippen molar-refractivity contribution in [3.8, 4) is 17.2 Å². The van der Waals surface area contributed by atoms with E-state index in [1.165, 1.54) is 27.0 Å². The number of esters is 3. The Morgan fingerprint density at radius 3 is 2.31 bits per heavy atom. The van der Waals surface area contributed by atoms with Gasteiger partial charge in [-0.1, -0.05) is 19.4 Å². The molecule has 10 nitrogen and oxygen atoms in total. The Balaban J connectivity index is 2.24. The van der Waals surface area contributed by atoms with Gasteiger partial charge in [-0.25, -0.2) is 9.59 Å². The van der Waals surface area contributed by atoms with Crippen molar-refractivity contribution in [3.63, 3.8) is 0 Å². The lowest BCUT2D eigenvalue weighted by Crippen LogP contribution is -2.39. The smallest absolute Gasteiger partial charge is 0.339 e. The van der Waals surface area contributed by atoms with Crippen LogP contribution < -0.4 is 14.2 Å². The van der Waals surface area contributed by atoms with Gasteiger partial charge >= 0.3 is 17.9 Å². The molecule has 1 aromatic rings. The highest BCUT2D eigenvalue weighted by Crippen LogP contribution is 2.44. The monoisotopic (exact) mass is 494 g/mol. The molecule has 1 heterocycles. The number of hydrogen-bond acceptors (Lipinski definition) is 10. The van der Waals surface area contributed by atoms with Crippen LogP contribution in [0.25, 0.3) is 0 Å². The average Bonchev–Trinajstić information content (AvgIpc) is 3.23. The number of aliphatic hydroxyl groups is 1. The molecule has 0 aromatic heterocycles. The van der Waals surface area contributed by atoms with Crippen LogP contribution >= 0.6 is 0 Å². The van der Waals surface area contributed by atoms with E-state index < -0.39 is 42.3 Å². The summed E-state index contributed by atoms with van der Waals surface area (Å²) in [5.41, 5.74) is 1.14. The molecular formula is C25H34O10. The normalized spacial score (nSPS) is 15.5. The van der Waals surface area contributed by atoms with Crippen molar-refractivity contribution in [2.45, 2.75) is 72.4 Å². The third-order valence-electron chi connectivity index (χ3n) is 4.97. The largest absolute Gasteiger partial charge is 0.493 e. The number of benzene rings is 1. The van der Waals surface area contributed by atoms with Crippen molar-refractivity contribution in [1.82, 2.24) is 0 Å². The molecule has 0 aliphatic carbocycles. The van der Waals surface area contributed by atoms with Crippen molar-refractivity contribution in [2.24, 2.45) is 5.92 Å². The summed E-state index contributed by atoms with van der Waals surface area (Å²) in [6.45, 7) is 10.1. The molecule has 0 saturated carbocycles. The highest BCUT2D eigenvalue weighted by atomic mass is 16.7. The quantitative estimate of drug-likeness (QED) is 0.278. The van der Waals surface area contributed by atoms with E-state index in [0.29, 0.717) is 28.4 Å². The third kappa shape index (κ3) is 7.88.